The van der Waals surface area contributed by atoms with Gasteiger partial charge in [-0.05, 0) is 31.6 Å². The number of rotatable bonds is 7. The van der Waals surface area contributed by atoms with Crippen molar-refractivity contribution in [2.45, 2.75) is 44.2 Å². The number of nitrogens with one attached hydrogen (secondary N) is 1. The fraction of sp³-hybridized carbons (Fsp3) is 0.833. The summed E-state index contributed by atoms with van der Waals surface area (Å²) >= 11 is 0. The Morgan fingerprint density at radius 3 is 2.39 bits per heavy atom. The second-order valence-corrected chi connectivity index (χ2v) is 5.18. The first kappa shape index (κ1) is 13.1. The predicted octanol–water partition coefficient (Wildman–Crippen LogP) is 0.406. The molecule has 0 aromatic carbocycles. The van der Waals surface area contributed by atoms with Crippen molar-refractivity contribution in [2.24, 2.45) is 5.92 Å². The van der Waals surface area contributed by atoms with Gasteiger partial charge in [-0.15, -0.1) is 0 Å². The van der Waals surface area contributed by atoms with Crippen LogP contribution in [0.1, 0.15) is 32.1 Å². The lowest BCUT2D eigenvalue weighted by Crippen LogP contribution is -2.49. The van der Waals surface area contributed by atoms with Crippen LogP contribution in [0.3, 0.4) is 0 Å². The van der Waals surface area contributed by atoms with Crippen molar-refractivity contribution in [2.75, 3.05) is 13.2 Å². The molecule has 2 aliphatic carbocycles. The van der Waals surface area contributed by atoms with Crippen LogP contribution in [-0.4, -0.2) is 52.3 Å². The Bertz CT molecular complexity index is 326. The van der Waals surface area contributed by atoms with E-state index in [1.807, 2.05) is 0 Å². The van der Waals surface area contributed by atoms with Gasteiger partial charge in [-0.25, -0.2) is 9.59 Å². The molecule has 1 atom stereocenters. The molecule has 0 aliphatic heterocycles. The molecule has 2 saturated carbocycles. The van der Waals surface area contributed by atoms with Gasteiger partial charge in [0.15, 0.2) is 0 Å². The summed E-state index contributed by atoms with van der Waals surface area (Å²) in [6, 6.07) is -1.01. The quantitative estimate of drug-likeness (QED) is 0.615. The molecule has 3 N–H and O–H groups in total. The lowest BCUT2D eigenvalue weighted by molar-refractivity contribution is -0.139. The molecule has 2 rings (SSSR count). The van der Waals surface area contributed by atoms with Crippen LogP contribution in [0.5, 0.6) is 0 Å². The molecule has 18 heavy (non-hydrogen) atoms. The molecule has 102 valence electrons. The molecule has 0 spiro atoms. The first-order chi connectivity index (χ1) is 8.61. The molecule has 0 bridgehead atoms. The molecule has 0 aromatic heterocycles. The molecular formula is C12H20N2O4. The number of aliphatic hydroxyl groups is 1. The maximum Gasteiger partial charge on any atom is 0.326 e. The Morgan fingerprint density at radius 1 is 1.28 bits per heavy atom. The number of nitrogens with zero attached hydrogens (tertiary/aromatic N) is 1. The second-order valence-electron chi connectivity index (χ2n) is 5.18. The van der Waals surface area contributed by atoms with Crippen molar-refractivity contribution in [3.8, 4) is 0 Å². The van der Waals surface area contributed by atoms with Crippen molar-refractivity contribution in [3.05, 3.63) is 0 Å². The zero-order valence-electron chi connectivity index (χ0n) is 10.3. The van der Waals surface area contributed by atoms with Crippen LogP contribution in [0.15, 0.2) is 0 Å². The van der Waals surface area contributed by atoms with Gasteiger partial charge in [0.25, 0.3) is 0 Å². The molecular weight excluding hydrogens is 236 g/mol. The summed E-state index contributed by atoms with van der Waals surface area (Å²) in [6.07, 6.45) is 4.39. The molecule has 2 aliphatic rings. The normalized spacial score (nSPS) is 20.3. The molecule has 2 fully saturated rings. The van der Waals surface area contributed by atoms with Gasteiger partial charge in [0, 0.05) is 25.6 Å². The summed E-state index contributed by atoms with van der Waals surface area (Å²) in [4.78, 5) is 24.7. The number of hydrogen-bond donors (Lipinski definition) is 3. The Hall–Kier alpha value is -1.30. The molecule has 0 saturated heterocycles. The van der Waals surface area contributed by atoms with Gasteiger partial charge in [0.05, 0.1) is 0 Å². The van der Waals surface area contributed by atoms with E-state index in [-0.39, 0.29) is 25.1 Å². The summed E-state index contributed by atoms with van der Waals surface area (Å²) < 4.78 is 0. The second kappa shape index (κ2) is 5.56. The van der Waals surface area contributed by atoms with Crippen LogP contribution in [-0.2, 0) is 4.79 Å². The average Bonchev–Trinajstić information content (AvgIpc) is 3.16. The van der Waals surface area contributed by atoms with Crippen molar-refractivity contribution in [1.82, 2.24) is 10.2 Å². The number of carboxylic acid groups (broad SMARTS) is 1. The van der Waals surface area contributed by atoms with Crippen LogP contribution < -0.4 is 5.32 Å². The van der Waals surface area contributed by atoms with Gasteiger partial charge < -0.3 is 20.4 Å². The highest BCUT2D eigenvalue weighted by molar-refractivity contribution is 5.82. The number of carbonyl (C=O) groups excluding carboxylic acids is 1. The SMILES string of the molecule is O=C(O)[C@@H](CCO)NC(=O)N(CC1CC1)C1CC1. The molecule has 6 heteroatoms. The van der Waals surface area contributed by atoms with Gasteiger partial charge in [-0.2, -0.15) is 0 Å². The summed E-state index contributed by atoms with van der Waals surface area (Å²) in [5.41, 5.74) is 0. The van der Waals surface area contributed by atoms with E-state index in [2.05, 4.69) is 5.32 Å². The largest absolute Gasteiger partial charge is 0.480 e. The number of aliphatic carboxylic acids is 1. The van der Waals surface area contributed by atoms with E-state index in [0.29, 0.717) is 5.92 Å². The number of hydrogen-bond acceptors (Lipinski definition) is 3. The minimum absolute atomic E-state index is 0.0447. The van der Waals surface area contributed by atoms with E-state index in [0.717, 1.165) is 32.2 Å². The van der Waals surface area contributed by atoms with E-state index in [1.54, 1.807) is 4.90 Å². The molecule has 0 heterocycles. The van der Waals surface area contributed by atoms with E-state index < -0.39 is 12.0 Å². The Labute approximate surface area is 106 Å². The minimum Gasteiger partial charge on any atom is -0.480 e. The van der Waals surface area contributed by atoms with Gasteiger partial charge in [-0.1, -0.05) is 0 Å². The lowest BCUT2D eigenvalue weighted by Gasteiger charge is -2.24. The maximum absolute atomic E-state index is 12.0. The smallest absolute Gasteiger partial charge is 0.326 e. The first-order valence-corrected chi connectivity index (χ1v) is 6.52. The van der Waals surface area contributed by atoms with Crippen LogP contribution in [0.25, 0.3) is 0 Å². The zero-order valence-corrected chi connectivity index (χ0v) is 10.3. The Morgan fingerprint density at radius 2 is 1.94 bits per heavy atom. The summed E-state index contributed by atoms with van der Waals surface area (Å²) in [6.45, 7) is 0.491. The van der Waals surface area contributed by atoms with Gasteiger partial charge in [0.1, 0.15) is 6.04 Å². The molecule has 0 aromatic rings. The number of urea groups is 1. The fourth-order valence-electron chi connectivity index (χ4n) is 1.98. The number of aliphatic hydroxyl groups excluding tert-OH is 1. The molecule has 2 amide bonds. The Kier molecular flexibility index (Phi) is 4.06. The van der Waals surface area contributed by atoms with Crippen LogP contribution in [0.4, 0.5) is 4.79 Å². The van der Waals surface area contributed by atoms with Crippen molar-refractivity contribution in [3.63, 3.8) is 0 Å². The highest BCUT2D eigenvalue weighted by Crippen LogP contribution is 2.34. The van der Waals surface area contributed by atoms with Crippen molar-refractivity contribution < 1.29 is 19.8 Å². The summed E-state index contributed by atoms with van der Waals surface area (Å²) in [7, 11) is 0. The van der Waals surface area contributed by atoms with Gasteiger partial charge >= 0.3 is 12.0 Å². The van der Waals surface area contributed by atoms with E-state index in [4.69, 9.17) is 10.2 Å². The Balaban J connectivity index is 1.88. The summed E-state index contributed by atoms with van der Waals surface area (Å²) in [5.74, 6) is -0.503. The third-order valence-electron chi connectivity index (χ3n) is 3.41. The van der Waals surface area contributed by atoms with E-state index in [1.165, 1.54) is 0 Å². The number of amides is 2. The zero-order chi connectivity index (χ0) is 13.1. The highest BCUT2D eigenvalue weighted by atomic mass is 16.4. The van der Waals surface area contributed by atoms with E-state index >= 15 is 0 Å². The first-order valence-electron chi connectivity index (χ1n) is 6.52. The topological polar surface area (TPSA) is 89.9 Å². The van der Waals surface area contributed by atoms with Crippen molar-refractivity contribution in [1.29, 1.82) is 0 Å². The molecule has 6 nitrogen and oxygen atoms in total. The average molecular weight is 256 g/mol. The summed E-state index contributed by atoms with van der Waals surface area (Å²) in [5, 5.41) is 20.2. The standard InChI is InChI=1S/C12H20N2O4/c15-6-5-10(11(16)17)13-12(18)14(9-3-4-9)7-8-1-2-8/h8-10,15H,1-7H2,(H,13,18)(H,16,17)/t10-/m1/s1. The van der Waals surface area contributed by atoms with Gasteiger partial charge in [0.2, 0.25) is 0 Å². The van der Waals surface area contributed by atoms with Gasteiger partial charge in [-0.3, -0.25) is 0 Å². The maximum atomic E-state index is 12.0. The van der Waals surface area contributed by atoms with Crippen LogP contribution in [0.2, 0.25) is 0 Å². The minimum atomic E-state index is -1.10. The number of carboxylic acids is 1. The monoisotopic (exact) mass is 256 g/mol. The third-order valence-corrected chi connectivity index (χ3v) is 3.41. The van der Waals surface area contributed by atoms with Crippen molar-refractivity contribution >= 4 is 12.0 Å². The third kappa shape index (κ3) is 3.60. The molecule has 0 radical (unpaired) electrons. The van der Waals surface area contributed by atoms with E-state index in [9.17, 15) is 9.59 Å². The fourth-order valence-corrected chi connectivity index (χ4v) is 1.98. The number of carbonyl (C=O) groups is 2. The highest BCUT2D eigenvalue weighted by Gasteiger charge is 2.37. The molecule has 0 unspecified atom stereocenters. The van der Waals surface area contributed by atoms with Crippen LogP contribution in [0, 0.1) is 5.92 Å². The predicted molar refractivity (Wildman–Crippen MR) is 64.1 cm³/mol. The van der Waals surface area contributed by atoms with Crippen LogP contribution >= 0.6 is 0 Å². The lowest BCUT2D eigenvalue weighted by atomic mass is 10.2.